The van der Waals surface area contributed by atoms with Crippen LogP contribution >= 0.6 is 24.0 Å². The predicted octanol–water partition coefficient (Wildman–Crippen LogP) is 2.88. The molecule has 148 valence electrons. The second kappa shape index (κ2) is 9.22. The van der Waals surface area contributed by atoms with Crippen LogP contribution in [0.15, 0.2) is 53.9 Å². The minimum Gasteiger partial charge on any atom is -0.472 e. The van der Waals surface area contributed by atoms with Crippen molar-refractivity contribution >= 4 is 35.6 Å². The number of aliphatic imine (C=N–C) groups is 1. The highest BCUT2D eigenvalue weighted by Crippen LogP contribution is 2.16. The molecule has 7 nitrogen and oxygen atoms in total. The van der Waals surface area contributed by atoms with Crippen LogP contribution in [0, 0.1) is 6.92 Å². The molecule has 0 aliphatic carbocycles. The third-order valence-electron chi connectivity index (χ3n) is 4.67. The van der Waals surface area contributed by atoms with Crippen LogP contribution in [0.2, 0.25) is 0 Å². The van der Waals surface area contributed by atoms with Crippen LogP contribution in [0.4, 0.5) is 0 Å². The molecule has 3 aromatic rings. The quantitative estimate of drug-likeness (QED) is 0.345. The van der Waals surface area contributed by atoms with E-state index >= 15 is 0 Å². The molecular weight excluding hydrogens is 467 g/mol. The zero-order valence-electron chi connectivity index (χ0n) is 16.1. The van der Waals surface area contributed by atoms with Crippen molar-refractivity contribution in [2.75, 3.05) is 20.1 Å². The Balaban J connectivity index is 0.00000225. The second-order valence-electron chi connectivity index (χ2n) is 6.75. The summed E-state index contributed by atoms with van der Waals surface area (Å²) < 4.78 is 8.00. The van der Waals surface area contributed by atoms with E-state index in [4.69, 9.17) is 4.74 Å². The molecule has 1 atom stereocenters. The number of pyridine rings is 2. The van der Waals surface area contributed by atoms with E-state index in [1.165, 1.54) is 5.56 Å². The number of ether oxygens (including phenoxy) is 1. The average molecular weight is 492 g/mol. The fourth-order valence-corrected chi connectivity index (χ4v) is 3.33. The van der Waals surface area contributed by atoms with Crippen molar-refractivity contribution in [1.29, 1.82) is 0 Å². The Bertz CT molecular complexity index is 942. The molecule has 0 radical (unpaired) electrons. The molecule has 1 fully saturated rings. The van der Waals surface area contributed by atoms with Crippen LogP contribution in [0.3, 0.4) is 0 Å². The molecule has 0 aromatic carbocycles. The van der Waals surface area contributed by atoms with E-state index in [1.807, 2.05) is 42.0 Å². The third kappa shape index (κ3) is 4.73. The van der Waals surface area contributed by atoms with Crippen molar-refractivity contribution < 1.29 is 4.74 Å². The first-order valence-corrected chi connectivity index (χ1v) is 9.19. The van der Waals surface area contributed by atoms with Gasteiger partial charge in [0.05, 0.1) is 18.8 Å². The van der Waals surface area contributed by atoms with E-state index in [9.17, 15) is 0 Å². The summed E-state index contributed by atoms with van der Waals surface area (Å²) in [5.74, 6) is 1.54. The Morgan fingerprint density at radius 2 is 2.25 bits per heavy atom. The number of guanidine groups is 1. The summed E-state index contributed by atoms with van der Waals surface area (Å²) in [6, 6.07) is 9.88. The average Bonchev–Trinajstić information content (AvgIpc) is 3.29. The van der Waals surface area contributed by atoms with E-state index < -0.39 is 0 Å². The second-order valence-corrected chi connectivity index (χ2v) is 6.75. The Morgan fingerprint density at radius 1 is 1.36 bits per heavy atom. The number of likely N-dealkylation sites (tertiary alicyclic amines) is 1. The van der Waals surface area contributed by atoms with Gasteiger partial charge < -0.3 is 19.4 Å². The molecule has 1 aliphatic rings. The van der Waals surface area contributed by atoms with Gasteiger partial charge in [-0.25, -0.2) is 9.97 Å². The smallest absolute Gasteiger partial charge is 0.213 e. The van der Waals surface area contributed by atoms with Gasteiger partial charge in [-0.3, -0.25) is 4.99 Å². The standard InChI is InChI=1S/C20H24N6O.HI/c1-15-6-9-25-13-16(24-18(25)11-15)12-23-20(21-2)26-10-7-17(14-26)27-19-5-3-4-8-22-19;/h3-6,8-9,11,13,17H,7,10,12,14H2,1-2H3,(H,21,23);1H. The molecule has 1 saturated heterocycles. The van der Waals surface area contributed by atoms with Crippen molar-refractivity contribution in [2.24, 2.45) is 4.99 Å². The summed E-state index contributed by atoms with van der Waals surface area (Å²) in [4.78, 5) is 15.5. The molecule has 0 amide bonds. The molecule has 0 saturated carbocycles. The lowest BCUT2D eigenvalue weighted by Gasteiger charge is -2.21. The fraction of sp³-hybridized carbons (Fsp3) is 0.350. The van der Waals surface area contributed by atoms with Gasteiger partial charge in [-0.1, -0.05) is 6.07 Å². The van der Waals surface area contributed by atoms with Gasteiger partial charge in [0, 0.05) is 44.7 Å². The van der Waals surface area contributed by atoms with Gasteiger partial charge in [0.15, 0.2) is 5.96 Å². The number of aryl methyl sites for hydroxylation is 1. The van der Waals surface area contributed by atoms with Gasteiger partial charge in [0.2, 0.25) is 5.88 Å². The maximum atomic E-state index is 5.96. The lowest BCUT2D eigenvalue weighted by Crippen LogP contribution is -2.40. The normalized spacial score (nSPS) is 16.9. The summed E-state index contributed by atoms with van der Waals surface area (Å²) in [5.41, 5.74) is 3.16. The van der Waals surface area contributed by atoms with Crippen LogP contribution < -0.4 is 10.1 Å². The summed E-state index contributed by atoms with van der Waals surface area (Å²) in [5, 5.41) is 3.42. The summed E-state index contributed by atoms with van der Waals surface area (Å²) >= 11 is 0. The van der Waals surface area contributed by atoms with Gasteiger partial charge >= 0.3 is 0 Å². The molecule has 1 N–H and O–H groups in total. The van der Waals surface area contributed by atoms with E-state index in [1.54, 1.807) is 6.20 Å². The number of nitrogens with zero attached hydrogens (tertiary/aromatic N) is 5. The fourth-order valence-electron chi connectivity index (χ4n) is 3.33. The van der Waals surface area contributed by atoms with Crippen molar-refractivity contribution in [3.63, 3.8) is 0 Å². The van der Waals surface area contributed by atoms with Crippen molar-refractivity contribution in [2.45, 2.75) is 26.0 Å². The van der Waals surface area contributed by atoms with E-state index in [0.717, 1.165) is 36.8 Å². The SMILES string of the molecule is CN=C(NCc1cn2ccc(C)cc2n1)N1CCC(Oc2ccccn2)C1.I. The Morgan fingerprint density at radius 3 is 3.04 bits per heavy atom. The Hall–Kier alpha value is -2.36. The number of rotatable bonds is 4. The monoisotopic (exact) mass is 492 g/mol. The van der Waals surface area contributed by atoms with E-state index in [0.29, 0.717) is 12.4 Å². The predicted molar refractivity (Wildman–Crippen MR) is 120 cm³/mol. The van der Waals surface area contributed by atoms with Crippen molar-refractivity contribution in [3.05, 3.63) is 60.2 Å². The highest BCUT2D eigenvalue weighted by molar-refractivity contribution is 14.0. The zero-order chi connectivity index (χ0) is 18.6. The molecule has 3 aromatic heterocycles. The van der Waals surface area contributed by atoms with Crippen molar-refractivity contribution in [1.82, 2.24) is 24.6 Å². The summed E-state index contributed by atoms with van der Waals surface area (Å²) in [7, 11) is 1.81. The number of nitrogens with one attached hydrogen (secondary N) is 1. The molecule has 4 heterocycles. The number of halogens is 1. The lowest BCUT2D eigenvalue weighted by atomic mass is 10.3. The first-order chi connectivity index (χ1) is 13.2. The maximum absolute atomic E-state index is 5.96. The molecule has 4 rings (SSSR count). The largest absolute Gasteiger partial charge is 0.472 e. The first kappa shape index (κ1) is 20.4. The van der Waals surface area contributed by atoms with Gasteiger partial charge in [0.25, 0.3) is 0 Å². The van der Waals surface area contributed by atoms with Crippen LogP contribution in [-0.4, -0.2) is 51.5 Å². The summed E-state index contributed by atoms with van der Waals surface area (Å²) in [6.45, 7) is 4.41. The number of imidazole rings is 1. The van der Waals surface area contributed by atoms with Crippen LogP contribution in [0.25, 0.3) is 5.65 Å². The molecule has 0 bridgehead atoms. The number of fused-ring (bicyclic) bond motifs is 1. The minimum absolute atomic E-state index is 0. The maximum Gasteiger partial charge on any atom is 0.213 e. The zero-order valence-corrected chi connectivity index (χ0v) is 18.4. The molecule has 1 aliphatic heterocycles. The van der Waals surface area contributed by atoms with Gasteiger partial charge in [-0.15, -0.1) is 24.0 Å². The van der Waals surface area contributed by atoms with Gasteiger partial charge in [-0.05, 0) is 30.7 Å². The van der Waals surface area contributed by atoms with Crippen LogP contribution in [-0.2, 0) is 6.54 Å². The third-order valence-corrected chi connectivity index (χ3v) is 4.67. The first-order valence-electron chi connectivity index (χ1n) is 9.19. The highest BCUT2D eigenvalue weighted by atomic mass is 127. The Kier molecular flexibility index (Phi) is 6.71. The molecule has 0 spiro atoms. The highest BCUT2D eigenvalue weighted by Gasteiger charge is 2.26. The summed E-state index contributed by atoms with van der Waals surface area (Å²) in [6.07, 6.45) is 6.91. The number of hydrogen-bond acceptors (Lipinski definition) is 4. The Labute approximate surface area is 181 Å². The molecular formula is C20H25IN6O. The topological polar surface area (TPSA) is 67.0 Å². The van der Waals surface area contributed by atoms with Crippen LogP contribution in [0.1, 0.15) is 17.7 Å². The van der Waals surface area contributed by atoms with E-state index in [2.05, 4.69) is 44.2 Å². The number of aromatic nitrogens is 3. The minimum atomic E-state index is 0. The lowest BCUT2D eigenvalue weighted by molar-refractivity contribution is 0.205. The van der Waals surface area contributed by atoms with Gasteiger partial charge in [-0.2, -0.15) is 0 Å². The van der Waals surface area contributed by atoms with E-state index in [-0.39, 0.29) is 30.1 Å². The molecule has 28 heavy (non-hydrogen) atoms. The molecule has 8 heteroatoms. The molecule has 1 unspecified atom stereocenters. The number of hydrogen-bond donors (Lipinski definition) is 1. The van der Waals surface area contributed by atoms with Crippen molar-refractivity contribution in [3.8, 4) is 5.88 Å². The van der Waals surface area contributed by atoms with Gasteiger partial charge in [0.1, 0.15) is 11.8 Å². The van der Waals surface area contributed by atoms with Crippen LogP contribution in [0.5, 0.6) is 5.88 Å².